The van der Waals surface area contributed by atoms with E-state index in [0.29, 0.717) is 0 Å². The first-order chi connectivity index (χ1) is 11.4. The van der Waals surface area contributed by atoms with Gasteiger partial charge in [0.2, 0.25) is 5.91 Å². The van der Waals surface area contributed by atoms with Crippen molar-refractivity contribution in [3.63, 3.8) is 0 Å². The Morgan fingerprint density at radius 2 is 1.58 bits per heavy atom. The number of benzene rings is 2. The molecule has 4 nitrogen and oxygen atoms in total. The van der Waals surface area contributed by atoms with Crippen LogP contribution in [0.5, 0.6) is 0 Å². The third kappa shape index (κ3) is 4.22. The van der Waals surface area contributed by atoms with E-state index >= 15 is 0 Å². The number of carbonyl (C=O) groups excluding carboxylic acids is 1. The van der Waals surface area contributed by atoms with E-state index in [1.54, 1.807) is 17.0 Å². The molecule has 0 aliphatic heterocycles. The summed E-state index contributed by atoms with van der Waals surface area (Å²) in [4.78, 5) is 25.3. The van der Waals surface area contributed by atoms with Crippen molar-refractivity contribution < 1.29 is 14.7 Å². The zero-order chi connectivity index (χ0) is 17.7. The monoisotopic (exact) mass is 325 g/mol. The number of likely N-dealkylation sites (N-methyl/N-ethyl adjacent to an activating group) is 1. The van der Waals surface area contributed by atoms with Crippen LogP contribution in [-0.2, 0) is 11.2 Å². The van der Waals surface area contributed by atoms with Crippen LogP contribution >= 0.6 is 0 Å². The lowest BCUT2D eigenvalue weighted by Crippen LogP contribution is -2.35. The van der Waals surface area contributed by atoms with Crippen LogP contribution in [0, 0.1) is 5.92 Å². The summed E-state index contributed by atoms with van der Waals surface area (Å²) >= 11 is 0. The molecule has 126 valence electrons. The fourth-order valence-corrected chi connectivity index (χ4v) is 2.93. The fourth-order valence-electron chi connectivity index (χ4n) is 2.93. The predicted molar refractivity (Wildman–Crippen MR) is 93.9 cm³/mol. The Morgan fingerprint density at radius 3 is 2.08 bits per heavy atom. The van der Waals surface area contributed by atoms with E-state index in [-0.39, 0.29) is 29.9 Å². The summed E-state index contributed by atoms with van der Waals surface area (Å²) in [6.45, 7) is 4.20. The minimum atomic E-state index is -0.964. The van der Waals surface area contributed by atoms with Gasteiger partial charge in [-0.15, -0.1) is 0 Å². The SMILES string of the molecule is CC(C)C(c1ccccc1)N(C)C(=O)Cc1ccc(C(=O)O)cc1. The van der Waals surface area contributed by atoms with E-state index in [1.807, 2.05) is 37.4 Å². The largest absolute Gasteiger partial charge is 0.478 e. The van der Waals surface area contributed by atoms with E-state index in [0.717, 1.165) is 11.1 Å². The zero-order valence-electron chi connectivity index (χ0n) is 14.3. The summed E-state index contributed by atoms with van der Waals surface area (Å²) in [6.07, 6.45) is 0.256. The van der Waals surface area contributed by atoms with Crippen LogP contribution in [-0.4, -0.2) is 28.9 Å². The van der Waals surface area contributed by atoms with Gasteiger partial charge in [0.15, 0.2) is 0 Å². The van der Waals surface area contributed by atoms with Crippen molar-refractivity contribution in [2.45, 2.75) is 26.3 Å². The van der Waals surface area contributed by atoms with Gasteiger partial charge in [-0.2, -0.15) is 0 Å². The van der Waals surface area contributed by atoms with Crippen LogP contribution < -0.4 is 0 Å². The molecule has 0 spiro atoms. The summed E-state index contributed by atoms with van der Waals surface area (Å²) in [5.41, 5.74) is 2.15. The highest BCUT2D eigenvalue weighted by Crippen LogP contribution is 2.27. The number of carboxylic acid groups (broad SMARTS) is 1. The second-order valence-electron chi connectivity index (χ2n) is 6.28. The quantitative estimate of drug-likeness (QED) is 0.879. The summed E-state index contributed by atoms with van der Waals surface area (Å²) in [5.74, 6) is -0.662. The van der Waals surface area contributed by atoms with Crippen molar-refractivity contribution in [1.82, 2.24) is 4.90 Å². The average Bonchev–Trinajstić information content (AvgIpc) is 2.56. The average molecular weight is 325 g/mol. The molecule has 2 aromatic carbocycles. The summed E-state index contributed by atoms with van der Waals surface area (Å²) in [6, 6.07) is 16.5. The minimum absolute atomic E-state index is 0.0111. The molecular formula is C20H23NO3. The van der Waals surface area contributed by atoms with Crippen molar-refractivity contribution in [1.29, 1.82) is 0 Å². The highest BCUT2D eigenvalue weighted by Gasteiger charge is 2.24. The maximum atomic E-state index is 12.7. The molecule has 0 radical (unpaired) electrons. The van der Waals surface area contributed by atoms with Gasteiger partial charge >= 0.3 is 5.97 Å². The van der Waals surface area contributed by atoms with E-state index in [9.17, 15) is 9.59 Å². The molecule has 2 aromatic rings. The first kappa shape index (κ1) is 17.7. The number of hydrogen-bond acceptors (Lipinski definition) is 2. The normalized spacial score (nSPS) is 12.0. The van der Waals surface area contributed by atoms with Gasteiger partial charge in [-0.1, -0.05) is 56.3 Å². The number of rotatable bonds is 6. The Hall–Kier alpha value is -2.62. The summed E-state index contributed by atoms with van der Waals surface area (Å²) < 4.78 is 0. The fraction of sp³-hybridized carbons (Fsp3) is 0.300. The molecule has 1 N–H and O–H groups in total. The lowest BCUT2D eigenvalue weighted by molar-refractivity contribution is -0.132. The molecule has 0 saturated carbocycles. The molecule has 4 heteroatoms. The number of nitrogens with zero attached hydrogens (tertiary/aromatic N) is 1. The minimum Gasteiger partial charge on any atom is -0.478 e. The van der Waals surface area contributed by atoms with Gasteiger partial charge < -0.3 is 10.0 Å². The molecule has 0 aliphatic rings. The topological polar surface area (TPSA) is 57.6 Å². The molecule has 24 heavy (non-hydrogen) atoms. The zero-order valence-corrected chi connectivity index (χ0v) is 14.3. The Kier molecular flexibility index (Phi) is 5.74. The Bertz CT molecular complexity index is 693. The molecule has 0 fully saturated rings. The Balaban J connectivity index is 2.13. The van der Waals surface area contributed by atoms with Gasteiger partial charge in [0, 0.05) is 7.05 Å². The number of amides is 1. The second kappa shape index (κ2) is 7.77. The van der Waals surface area contributed by atoms with Crippen molar-refractivity contribution in [2.75, 3.05) is 7.05 Å². The van der Waals surface area contributed by atoms with Gasteiger partial charge in [-0.3, -0.25) is 4.79 Å². The first-order valence-electron chi connectivity index (χ1n) is 8.03. The number of hydrogen-bond donors (Lipinski definition) is 1. The van der Waals surface area contributed by atoms with Crippen molar-refractivity contribution in [2.24, 2.45) is 5.92 Å². The summed E-state index contributed by atoms with van der Waals surface area (Å²) in [5, 5.41) is 8.93. The van der Waals surface area contributed by atoms with Gasteiger partial charge in [0.25, 0.3) is 0 Å². The maximum Gasteiger partial charge on any atom is 0.335 e. The van der Waals surface area contributed by atoms with Crippen molar-refractivity contribution in [3.8, 4) is 0 Å². The Labute approximate surface area is 142 Å². The standard InChI is InChI=1S/C20H23NO3/c1-14(2)19(16-7-5-4-6-8-16)21(3)18(22)13-15-9-11-17(12-10-15)20(23)24/h4-12,14,19H,13H2,1-3H3,(H,23,24). The van der Waals surface area contributed by atoms with Crippen LogP contribution in [0.25, 0.3) is 0 Å². The maximum absolute atomic E-state index is 12.7. The van der Waals surface area contributed by atoms with E-state index in [4.69, 9.17) is 5.11 Å². The third-order valence-corrected chi connectivity index (χ3v) is 4.14. The Morgan fingerprint density at radius 1 is 1.00 bits per heavy atom. The molecule has 1 amide bonds. The van der Waals surface area contributed by atoms with Gasteiger partial charge in [-0.25, -0.2) is 4.79 Å². The highest BCUT2D eigenvalue weighted by atomic mass is 16.4. The molecule has 1 atom stereocenters. The van der Waals surface area contributed by atoms with Crippen LogP contribution in [0.1, 0.15) is 41.4 Å². The van der Waals surface area contributed by atoms with Crippen molar-refractivity contribution >= 4 is 11.9 Å². The van der Waals surface area contributed by atoms with E-state index in [1.165, 1.54) is 12.1 Å². The van der Waals surface area contributed by atoms with E-state index in [2.05, 4.69) is 13.8 Å². The molecule has 0 aromatic heterocycles. The van der Waals surface area contributed by atoms with Gasteiger partial charge in [0.1, 0.15) is 0 Å². The van der Waals surface area contributed by atoms with Crippen LogP contribution in [0.3, 0.4) is 0 Å². The van der Waals surface area contributed by atoms with Gasteiger partial charge in [-0.05, 0) is 29.2 Å². The molecule has 1 unspecified atom stereocenters. The predicted octanol–water partition coefficient (Wildman–Crippen LogP) is 3.78. The number of carbonyl (C=O) groups is 2. The molecule has 0 heterocycles. The molecule has 0 aliphatic carbocycles. The van der Waals surface area contributed by atoms with Crippen LogP contribution in [0.2, 0.25) is 0 Å². The van der Waals surface area contributed by atoms with Crippen LogP contribution in [0.4, 0.5) is 0 Å². The van der Waals surface area contributed by atoms with Crippen LogP contribution in [0.15, 0.2) is 54.6 Å². The lowest BCUT2D eigenvalue weighted by atomic mass is 9.94. The number of carboxylic acids is 1. The van der Waals surface area contributed by atoms with E-state index < -0.39 is 5.97 Å². The van der Waals surface area contributed by atoms with Crippen molar-refractivity contribution in [3.05, 3.63) is 71.3 Å². The van der Waals surface area contributed by atoms with Gasteiger partial charge in [0.05, 0.1) is 18.0 Å². The number of aromatic carboxylic acids is 1. The highest BCUT2D eigenvalue weighted by molar-refractivity contribution is 5.87. The third-order valence-electron chi connectivity index (χ3n) is 4.14. The summed E-state index contributed by atoms with van der Waals surface area (Å²) in [7, 11) is 1.83. The molecule has 2 rings (SSSR count). The second-order valence-corrected chi connectivity index (χ2v) is 6.28. The smallest absolute Gasteiger partial charge is 0.335 e. The molecule has 0 bridgehead atoms. The lowest BCUT2D eigenvalue weighted by Gasteiger charge is -2.32. The molecule has 0 saturated heterocycles. The first-order valence-corrected chi connectivity index (χ1v) is 8.03. The molecular weight excluding hydrogens is 302 g/mol.